The van der Waals surface area contributed by atoms with Crippen molar-refractivity contribution < 1.29 is 18.7 Å². The molecule has 0 aliphatic carbocycles. The molecule has 0 spiro atoms. The fraction of sp³-hybridized carbons (Fsp3) is 0.519. The van der Waals surface area contributed by atoms with E-state index in [0.717, 1.165) is 0 Å². The van der Waals surface area contributed by atoms with E-state index in [9.17, 15) is 28.3 Å². The largest absolute Gasteiger partial charge is 0.389 e. The summed E-state index contributed by atoms with van der Waals surface area (Å²) in [5.74, 6) is -4.46. The minimum absolute atomic E-state index is 0.0332. The summed E-state index contributed by atoms with van der Waals surface area (Å²) in [6.07, 6.45) is 1.30. The maximum Gasteiger partial charge on any atom is 0.316 e. The number of nitrogens with zero attached hydrogens (tertiary/aromatic N) is 5. The van der Waals surface area contributed by atoms with Crippen molar-refractivity contribution in [3.8, 4) is 0 Å². The predicted molar refractivity (Wildman–Crippen MR) is 153 cm³/mol. The van der Waals surface area contributed by atoms with E-state index in [1.807, 2.05) is 0 Å². The fourth-order valence-corrected chi connectivity index (χ4v) is 4.92. The Labute approximate surface area is 240 Å². The maximum absolute atomic E-state index is 14.4. The standard InChI is InChI=1S/C27H34ClF2N7O4/c1-15-12-36(13-16(2)27(15,29)30)25-31-11-18(28)22(34-25)33-17-6-7-19-20(10-17)37(24(40)23(39)35(19)5)9-8-21(38)32-14-26(3,4)41/h6-7,10-11,15-16,41H,8-9,12-14H2,1-5H3,(H,32,38)(H,31,33,34)/t15-,16+. The van der Waals surface area contributed by atoms with Gasteiger partial charge < -0.3 is 29.8 Å². The van der Waals surface area contributed by atoms with Crippen LogP contribution in [0, 0.1) is 11.8 Å². The van der Waals surface area contributed by atoms with Gasteiger partial charge in [-0.1, -0.05) is 25.4 Å². The van der Waals surface area contributed by atoms with Gasteiger partial charge >= 0.3 is 11.1 Å². The molecule has 1 saturated heterocycles. The van der Waals surface area contributed by atoms with Gasteiger partial charge in [0.1, 0.15) is 5.02 Å². The normalized spacial score (nSPS) is 18.9. The van der Waals surface area contributed by atoms with E-state index in [0.29, 0.717) is 16.7 Å². The number of hydrogen-bond acceptors (Lipinski definition) is 8. The summed E-state index contributed by atoms with van der Waals surface area (Å²) in [7, 11) is 1.48. The molecule has 3 heterocycles. The lowest BCUT2D eigenvalue weighted by atomic mass is 9.87. The Morgan fingerprint density at radius 2 is 1.83 bits per heavy atom. The number of anilines is 3. The van der Waals surface area contributed by atoms with Gasteiger partial charge in [0.25, 0.3) is 5.92 Å². The second-order valence-electron chi connectivity index (χ2n) is 11.2. The highest BCUT2D eigenvalue weighted by Gasteiger charge is 2.47. The first kappa shape index (κ1) is 30.4. The number of nitrogens with one attached hydrogen (secondary N) is 2. The smallest absolute Gasteiger partial charge is 0.316 e. The number of aromatic nitrogens is 4. The monoisotopic (exact) mass is 593 g/mol. The molecule has 0 saturated carbocycles. The molecule has 41 heavy (non-hydrogen) atoms. The Kier molecular flexibility index (Phi) is 8.42. The number of halogens is 3. The highest BCUT2D eigenvalue weighted by atomic mass is 35.5. The minimum Gasteiger partial charge on any atom is -0.389 e. The second kappa shape index (κ2) is 11.4. The fourth-order valence-electron chi connectivity index (χ4n) is 4.78. The molecule has 2 atom stereocenters. The zero-order valence-corrected chi connectivity index (χ0v) is 24.3. The highest BCUT2D eigenvalue weighted by molar-refractivity contribution is 6.32. The molecule has 1 amide bonds. The third-order valence-electron chi connectivity index (χ3n) is 7.22. The minimum atomic E-state index is -2.79. The number of piperidine rings is 1. The highest BCUT2D eigenvalue weighted by Crippen LogP contribution is 2.39. The van der Waals surface area contributed by atoms with Crippen molar-refractivity contribution in [2.24, 2.45) is 18.9 Å². The number of hydrogen-bond donors (Lipinski definition) is 3. The van der Waals surface area contributed by atoms with Crippen LogP contribution >= 0.6 is 11.6 Å². The molecule has 11 nitrogen and oxygen atoms in total. The van der Waals surface area contributed by atoms with Crippen molar-refractivity contribution in [2.45, 2.75) is 52.2 Å². The number of rotatable bonds is 8. The summed E-state index contributed by atoms with van der Waals surface area (Å²) >= 11 is 6.37. The van der Waals surface area contributed by atoms with E-state index in [2.05, 4.69) is 20.6 Å². The van der Waals surface area contributed by atoms with Gasteiger partial charge in [0, 0.05) is 57.2 Å². The van der Waals surface area contributed by atoms with Crippen LogP contribution in [0.1, 0.15) is 34.1 Å². The number of aryl methyl sites for hydroxylation is 2. The van der Waals surface area contributed by atoms with Gasteiger partial charge in [0.05, 0.1) is 22.8 Å². The Hall–Kier alpha value is -3.58. The Morgan fingerprint density at radius 1 is 1.17 bits per heavy atom. The molecule has 3 aromatic rings. The molecule has 1 fully saturated rings. The maximum atomic E-state index is 14.4. The first-order chi connectivity index (χ1) is 19.1. The van der Waals surface area contributed by atoms with Crippen molar-refractivity contribution in [2.75, 3.05) is 29.9 Å². The summed E-state index contributed by atoms with van der Waals surface area (Å²) in [5.41, 5.74) is -1.30. The third-order valence-corrected chi connectivity index (χ3v) is 7.50. The number of amides is 1. The predicted octanol–water partition coefficient (Wildman–Crippen LogP) is 2.89. The Bertz CT molecular complexity index is 1570. The van der Waals surface area contributed by atoms with Crippen LogP contribution in [0.15, 0.2) is 34.0 Å². The van der Waals surface area contributed by atoms with Crippen molar-refractivity contribution in [3.63, 3.8) is 0 Å². The summed E-state index contributed by atoms with van der Waals surface area (Å²) in [6.45, 7) is 6.23. The molecule has 1 aliphatic heterocycles. The van der Waals surface area contributed by atoms with Gasteiger partial charge in [-0.05, 0) is 32.0 Å². The molecule has 4 rings (SSSR count). The van der Waals surface area contributed by atoms with Crippen LogP contribution in [0.2, 0.25) is 5.02 Å². The Morgan fingerprint density at radius 3 is 2.46 bits per heavy atom. The van der Waals surface area contributed by atoms with Crippen molar-refractivity contribution in [1.29, 1.82) is 0 Å². The number of aliphatic hydroxyl groups is 1. The zero-order chi connectivity index (χ0) is 30.3. The Balaban J connectivity index is 1.63. The number of fused-ring (bicyclic) bond motifs is 1. The molecule has 0 unspecified atom stereocenters. The first-order valence-electron chi connectivity index (χ1n) is 13.2. The number of carbonyl (C=O) groups excluding carboxylic acids is 1. The molecular formula is C27H34ClF2N7O4. The van der Waals surface area contributed by atoms with Crippen molar-refractivity contribution >= 4 is 46.0 Å². The van der Waals surface area contributed by atoms with Crippen molar-refractivity contribution in [1.82, 2.24) is 24.4 Å². The lowest BCUT2D eigenvalue weighted by Crippen LogP contribution is -2.52. The molecule has 2 aromatic heterocycles. The van der Waals surface area contributed by atoms with E-state index in [4.69, 9.17) is 11.6 Å². The van der Waals surface area contributed by atoms with Crippen LogP contribution in [-0.2, 0) is 18.4 Å². The number of carbonyl (C=O) groups is 1. The lowest BCUT2D eigenvalue weighted by molar-refractivity contribution is -0.122. The van der Waals surface area contributed by atoms with Crippen LogP contribution in [0.4, 0.5) is 26.2 Å². The summed E-state index contributed by atoms with van der Waals surface area (Å²) < 4.78 is 31.2. The molecule has 222 valence electrons. The van der Waals surface area contributed by atoms with Crippen LogP contribution in [-0.4, -0.2) is 61.3 Å². The van der Waals surface area contributed by atoms with Gasteiger partial charge in [-0.15, -0.1) is 0 Å². The van der Waals surface area contributed by atoms with Gasteiger partial charge in [-0.2, -0.15) is 4.98 Å². The summed E-state index contributed by atoms with van der Waals surface area (Å²) in [4.78, 5) is 48.3. The molecule has 1 aromatic carbocycles. The molecule has 0 radical (unpaired) electrons. The van der Waals surface area contributed by atoms with Crippen molar-refractivity contribution in [3.05, 3.63) is 50.1 Å². The lowest BCUT2D eigenvalue weighted by Gasteiger charge is -2.41. The average molecular weight is 594 g/mol. The third kappa shape index (κ3) is 6.51. The van der Waals surface area contributed by atoms with E-state index >= 15 is 0 Å². The average Bonchev–Trinajstić information content (AvgIpc) is 2.90. The molecule has 0 bridgehead atoms. The van der Waals surface area contributed by atoms with E-state index < -0.39 is 34.5 Å². The van der Waals surface area contributed by atoms with E-state index in [-0.39, 0.29) is 55.3 Å². The molecule has 3 N–H and O–H groups in total. The SMILES string of the molecule is C[C@@H]1CN(c2ncc(Cl)c(Nc3ccc4c(c3)n(CCC(=O)NCC(C)(C)O)c(=O)c(=O)n4C)n2)C[C@H](C)C1(F)F. The van der Waals surface area contributed by atoms with Gasteiger partial charge in [-0.3, -0.25) is 14.4 Å². The van der Waals surface area contributed by atoms with Crippen LogP contribution in [0.3, 0.4) is 0 Å². The second-order valence-corrected chi connectivity index (χ2v) is 11.6. The van der Waals surface area contributed by atoms with Gasteiger partial charge in [-0.25, -0.2) is 13.8 Å². The van der Waals surface area contributed by atoms with Crippen LogP contribution in [0.25, 0.3) is 11.0 Å². The van der Waals surface area contributed by atoms with E-state index in [1.54, 1.807) is 36.9 Å². The topological polar surface area (TPSA) is 134 Å². The summed E-state index contributed by atoms with van der Waals surface area (Å²) in [5, 5.41) is 15.7. The molecule has 1 aliphatic rings. The molecule has 14 heteroatoms. The number of alkyl halides is 2. The quantitative estimate of drug-likeness (QED) is 0.340. The van der Waals surface area contributed by atoms with E-state index in [1.165, 1.54) is 36.2 Å². The molecular weight excluding hydrogens is 560 g/mol. The van der Waals surface area contributed by atoms with Gasteiger partial charge in [0.15, 0.2) is 5.82 Å². The van der Waals surface area contributed by atoms with Crippen LogP contribution in [0.5, 0.6) is 0 Å². The van der Waals surface area contributed by atoms with Crippen LogP contribution < -0.4 is 26.7 Å². The first-order valence-corrected chi connectivity index (χ1v) is 13.6. The zero-order valence-electron chi connectivity index (χ0n) is 23.5. The van der Waals surface area contributed by atoms with Gasteiger partial charge in [0.2, 0.25) is 11.9 Å². The summed E-state index contributed by atoms with van der Waals surface area (Å²) in [6, 6.07) is 4.96. The number of benzene rings is 1.